The van der Waals surface area contributed by atoms with Crippen molar-refractivity contribution < 1.29 is 4.74 Å². The Bertz CT molecular complexity index is 291. The van der Waals surface area contributed by atoms with Crippen molar-refractivity contribution in [3.63, 3.8) is 0 Å². The maximum atomic E-state index is 5.67. The summed E-state index contributed by atoms with van der Waals surface area (Å²) in [4.78, 5) is 0. The highest BCUT2D eigenvalue weighted by Crippen LogP contribution is 2.17. The topological polar surface area (TPSA) is 21.3 Å². The van der Waals surface area contributed by atoms with Gasteiger partial charge in [0.1, 0.15) is 12.4 Å². The highest BCUT2D eigenvalue weighted by atomic mass is 16.5. The smallest absolute Gasteiger partial charge is 0.119 e. The Balaban J connectivity index is 1.59. The second-order valence-corrected chi connectivity index (χ2v) is 4.80. The molecule has 1 aromatic rings. The SMILES string of the molecule is c1ccc(OCCNC2CCCCCC2)cc1. The number of nitrogens with one attached hydrogen (secondary N) is 1. The minimum atomic E-state index is 0.719. The van der Waals surface area contributed by atoms with Crippen molar-refractivity contribution in [2.24, 2.45) is 0 Å². The zero-order valence-electron chi connectivity index (χ0n) is 10.5. The summed E-state index contributed by atoms with van der Waals surface area (Å²) in [6.07, 6.45) is 8.28. The van der Waals surface area contributed by atoms with Crippen LogP contribution in [0.25, 0.3) is 0 Å². The molecule has 0 atom stereocenters. The molecule has 0 radical (unpaired) electrons. The molecule has 0 bridgehead atoms. The molecule has 1 aliphatic carbocycles. The van der Waals surface area contributed by atoms with Gasteiger partial charge in [0.15, 0.2) is 0 Å². The molecule has 1 N–H and O–H groups in total. The summed E-state index contributed by atoms with van der Waals surface area (Å²) in [5.74, 6) is 0.968. The van der Waals surface area contributed by atoms with E-state index in [0.717, 1.165) is 24.9 Å². The molecule has 2 rings (SSSR count). The van der Waals surface area contributed by atoms with E-state index in [1.54, 1.807) is 0 Å². The van der Waals surface area contributed by atoms with Crippen molar-refractivity contribution in [3.05, 3.63) is 30.3 Å². The Hall–Kier alpha value is -1.02. The molecule has 0 saturated heterocycles. The van der Waals surface area contributed by atoms with E-state index in [4.69, 9.17) is 4.74 Å². The average molecular weight is 233 g/mol. The van der Waals surface area contributed by atoms with E-state index < -0.39 is 0 Å². The predicted molar refractivity (Wildman–Crippen MR) is 71.4 cm³/mol. The molecule has 0 spiro atoms. The van der Waals surface area contributed by atoms with Crippen LogP contribution in [0.1, 0.15) is 38.5 Å². The highest BCUT2D eigenvalue weighted by Gasteiger charge is 2.10. The number of para-hydroxylation sites is 1. The molecule has 2 heteroatoms. The Morgan fingerprint density at radius 3 is 2.41 bits per heavy atom. The van der Waals surface area contributed by atoms with Gasteiger partial charge in [-0.2, -0.15) is 0 Å². The lowest BCUT2D eigenvalue weighted by Crippen LogP contribution is -2.32. The summed E-state index contributed by atoms with van der Waals surface area (Å²) < 4.78 is 5.67. The first-order valence-corrected chi connectivity index (χ1v) is 6.86. The fourth-order valence-electron chi connectivity index (χ4n) is 2.43. The second-order valence-electron chi connectivity index (χ2n) is 4.80. The largest absolute Gasteiger partial charge is 0.492 e. The fraction of sp³-hybridized carbons (Fsp3) is 0.600. The van der Waals surface area contributed by atoms with Gasteiger partial charge >= 0.3 is 0 Å². The van der Waals surface area contributed by atoms with E-state index in [2.05, 4.69) is 5.32 Å². The Morgan fingerprint density at radius 1 is 1.00 bits per heavy atom. The van der Waals surface area contributed by atoms with E-state index in [1.807, 2.05) is 30.3 Å². The lowest BCUT2D eigenvalue weighted by Gasteiger charge is -2.16. The molecule has 1 saturated carbocycles. The summed E-state index contributed by atoms with van der Waals surface area (Å²) in [5.41, 5.74) is 0. The van der Waals surface area contributed by atoms with Crippen LogP contribution in [0.15, 0.2) is 30.3 Å². The molecule has 0 aliphatic heterocycles. The number of ether oxygens (including phenoxy) is 1. The number of benzene rings is 1. The first-order chi connectivity index (χ1) is 8.45. The van der Waals surface area contributed by atoms with Crippen molar-refractivity contribution >= 4 is 0 Å². The molecule has 0 unspecified atom stereocenters. The van der Waals surface area contributed by atoms with Gasteiger partial charge in [0.25, 0.3) is 0 Å². The third-order valence-corrected chi connectivity index (χ3v) is 3.40. The van der Waals surface area contributed by atoms with Crippen molar-refractivity contribution in [1.29, 1.82) is 0 Å². The molecule has 17 heavy (non-hydrogen) atoms. The van der Waals surface area contributed by atoms with Crippen LogP contribution in [0.3, 0.4) is 0 Å². The molecule has 1 fully saturated rings. The van der Waals surface area contributed by atoms with Crippen molar-refractivity contribution in [3.8, 4) is 5.75 Å². The minimum Gasteiger partial charge on any atom is -0.492 e. The monoisotopic (exact) mass is 233 g/mol. The van der Waals surface area contributed by atoms with Gasteiger partial charge in [0, 0.05) is 12.6 Å². The molecule has 1 aromatic carbocycles. The summed E-state index contributed by atoms with van der Waals surface area (Å²) >= 11 is 0. The lowest BCUT2D eigenvalue weighted by atomic mass is 10.1. The van der Waals surface area contributed by atoms with E-state index in [9.17, 15) is 0 Å². The van der Waals surface area contributed by atoms with Crippen molar-refractivity contribution in [2.75, 3.05) is 13.2 Å². The van der Waals surface area contributed by atoms with Gasteiger partial charge in [-0.1, -0.05) is 43.9 Å². The zero-order chi connectivity index (χ0) is 11.8. The molecule has 0 heterocycles. The van der Waals surface area contributed by atoms with Crippen LogP contribution < -0.4 is 10.1 Å². The molecule has 0 amide bonds. The first-order valence-electron chi connectivity index (χ1n) is 6.86. The van der Waals surface area contributed by atoms with Gasteiger partial charge in [0.05, 0.1) is 0 Å². The Kier molecular flexibility index (Phi) is 5.37. The summed E-state index contributed by atoms with van der Waals surface area (Å²) in [5, 5.41) is 3.61. The van der Waals surface area contributed by atoms with Gasteiger partial charge in [0.2, 0.25) is 0 Å². The summed E-state index contributed by atoms with van der Waals surface area (Å²) in [6.45, 7) is 1.72. The van der Waals surface area contributed by atoms with Crippen LogP contribution in [-0.4, -0.2) is 19.2 Å². The maximum absolute atomic E-state index is 5.67. The molecule has 0 aromatic heterocycles. The minimum absolute atomic E-state index is 0.719. The highest BCUT2D eigenvalue weighted by molar-refractivity contribution is 5.20. The second kappa shape index (κ2) is 7.33. The van der Waals surface area contributed by atoms with Gasteiger partial charge in [-0.05, 0) is 25.0 Å². The fourth-order valence-corrected chi connectivity index (χ4v) is 2.43. The normalized spacial score (nSPS) is 17.6. The van der Waals surface area contributed by atoms with E-state index in [0.29, 0.717) is 0 Å². The van der Waals surface area contributed by atoms with E-state index in [1.165, 1.54) is 38.5 Å². The molecule has 2 nitrogen and oxygen atoms in total. The first kappa shape index (κ1) is 12.4. The van der Waals surface area contributed by atoms with Gasteiger partial charge in [-0.15, -0.1) is 0 Å². The molecular formula is C15H23NO. The molecular weight excluding hydrogens is 210 g/mol. The third-order valence-electron chi connectivity index (χ3n) is 3.40. The van der Waals surface area contributed by atoms with E-state index in [-0.39, 0.29) is 0 Å². The van der Waals surface area contributed by atoms with Gasteiger partial charge in [-0.3, -0.25) is 0 Å². The average Bonchev–Trinajstić information content (AvgIpc) is 2.65. The van der Waals surface area contributed by atoms with E-state index >= 15 is 0 Å². The lowest BCUT2D eigenvalue weighted by molar-refractivity contribution is 0.300. The Morgan fingerprint density at radius 2 is 1.71 bits per heavy atom. The summed E-state index contributed by atoms with van der Waals surface area (Å²) in [6, 6.07) is 10.8. The Labute approximate surface area is 104 Å². The quantitative estimate of drug-likeness (QED) is 0.622. The van der Waals surface area contributed by atoms with Crippen LogP contribution in [0.5, 0.6) is 5.75 Å². The predicted octanol–water partition coefficient (Wildman–Crippen LogP) is 3.38. The van der Waals surface area contributed by atoms with Gasteiger partial charge in [-0.25, -0.2) is 0 Å². The van der Waals surface area contributed by atoms with Crippen LogP contribution in [0, 0.1) is 0 Å². The van der Waals surface area contributed by atoms with Crippen LogP contribution in [0.4, 0.5) is 0 Å². The number of hydrogen-bond acceptors (Lipinski definition) is 2. The van der Waals surface area contributed by atoms with Crippen LogP contribution in [-0.2, 0) is 0 Å². The van der Waals surface area contributed by atoms with Gasteiger partial charge < -0.3 is 10.1 Å². The zero-order valence-corrected chi connectivity index (χ0v) is 10.5. The van der Waals surface area contributed by atoms with Crippen LogP contribution >= 0.6 is 0 Å². The standard InChI is InChI=1S/C15H23NO/c1-2-5-9-14(8-4-1)16-12-13-17-15-10-6-3-7-11-15/h3,6-7,10-11,14,16H,1-2,4-5,8-9,12-13H2. The van der Waals surface area contributed by atoms with Crippen LogP contribution in [0.2, 0.25) is 0 Å². The maximum Gasteiger partial charge on any atom is 0.119 e. The molecule has 94 valence electrons. The summed E-state index contributed by atoms with van der Waals surface area (Å²) in [7, 11) is 0. The third kappa shape index (κ3) is 4.78. The molecule has 1 aliphatic rings. The number of hydrogen-bond donors (Lipinski definition) is 1. The van der Waals surface area contributed by atoms with Crippen molar-refractivity contribution in [2.45, 2.75) is 44.6 Å². The van der Waals surface area contributed by atoms with Crippen molar-refractivity contribution in [1.82, 2.24) is 5.32 Å². The number of rotatable bonds is 5.